The SMILES string of the molecule is CC(Br)C(=O)CC(C(=O)O)c1ccccc1. The molecule has 0 aliphatic carbocycles. The van der Waals surface area contributed by atoms with E-state index >= 15 is 0 Å². The van der Waals surface area contributed by atoms with Gasteiger partial charge >= 0.3 is 5.97 Å². The number of carboxylic acid groups (broad SMARTS) is 1. The number of carboxylic acids is 1. The first kappa shape index (κ1) is 12.9. The van der Waals surface area contributed by atoms with Crippen LogP contribution in [0, 0.1) is 0 Å². The Labute approximate surface area is 103 Å². The van der Waals surface area contributed by atoms with Crippen LogP contribution in [0.25, 0.3) is 0 Å². The van der Waals surface area contributed by atoms with Crippen molar-refractivity contribution < 1.29 is 14.7 Å². The van der Waals surface area contributed by atoms with Crippen molar-refractivity contribution in [2.24, 2.45) is 0 Å². The number of halogens is 1. The average molecular weight is 285 g/mol. The molecule has 16 heavy (non-hydrogen) atoms. The molecule has 0 aliphatic rings. The van der Waals surface area contributed by atoms with E-state index in [2.05, 4.69) is 15.9 Å². The van der Waals surface area contributed by atoms with Crippen LogP contribution < -0.4 is 0 Å². The van der Waals surface area contributed by atoms with E-state index in [1.54, 1.807) is 31.2 Å². The molecule has 0 heterocycles. The van der Waals surface area contributed by atoms with Crippen LogP contribution in [0.3, 0.4) is 0 Å². The number of carbonyl (C=O) groups excluding carboxylic acids is 1. The normalized spacial score (nSPS) is 14.1. The first-order valence-corrected chi connectivity index (χ1v) is 5.88. The Morgan fingerprint density at radius 1 is 1.31 bits per heavy atom. The number of carbonyl (C=O) groups is 2. The molecule has 2 unspecified atom stereocenters. The lowest BCUT2D eigenvalue weighted by molar-refractivity contribution is -0.140. The molecule has 0 aliphatic heterocycles. The molecular formula is C12H13BrO3. The zero-order valence-corrected chi connectivity index (χ0v) is 10.5. The molecule has 0 radical (unpaired) electrons. The minimum absolute atomic E-state index is 0.0196. The molecule has 3 nitrogen and oxygen atoms in total. The predicted octanol–water partition coefficient (Wildman–Crippen LogP) is 2.60. The number of alkyl halides is 1. The van der Waals surface area contributed by atoms with E-state index < -0.39 is 11.9 Å². The number of rotatable bonds is 5. The lowest BCUT2D eigenvalue weighted by atomic mass is 9.93. The predicted molar refractivity (Wildman–Crippen MR) is 64.8 cm³/mol. The molecule has 1 aromatic rings. The number of aliphatic carboxylic acids is 1. The van der Waals surface area contributed by atoms with Gasteiger partial charge in [0.25, 0.3) is 0 Å². The minimum atomic E-state index is -0.965. The van der Waals surface area contributed by atoms with Crippen molar-refractivity contribution in [2.75, 3.05) is 0 Å². The van der Waals surface area contributed by atoms with Crippen LogP contribution in [0.2, 0.25) is 0 Å². The van der Waals surface area contributed by atoms with Crippen LogP contribution in [0.1, 0.15) is 24.8 Å². The van der Waals surface area contributed by atoms with Crippen LogP contribution in [-0.2, 0) is 9.59 Å². The number of benzene rings is 1. The van der Waals surface area contributed by atoms with Crippen molar-refractivity contribution in [1.82, 2.24) is 0 Å². The van der Waals surface area contributed by atoms with Gasteiger partial charge in [0.05, 0.1) is 10.7 Å². The average Bonchev–Trinajstić information content (AvgIpc) is 2.26. The number of Topliss-reactive ketones (excluding diaryl/α,β-unsaturated/α-hetero) is 1. The summed E-state index contributed by atoms with van der Waals surface area (Å²) in [6.07, 6.45) is 0.0196. The fraction of sp³-hybridized carbons (Fsp3) is 0.333. The first-order chi connectivity index (χ1) is 7.52. The van der Waals surface area contributed by atoms with E-state index in [9.17, 15) is 9.59 Å². The van der Waals surface area contributed by atoms with Gasteiger partial charge in [-0.1, -0.05) is 46.3 Å². The standard InChI is InChI=1S/C12H13BrO3/c1-8(13)11(14)7-10(12(15)16)9-5-3-2-4-6-9/h2-6,8,10H,7H2,1H3,(H,15,16). The smallest absolute Gasteiger partial charge is 0.311 e. The number of hydrogen-bond donors (Lipinski definition) is 1. The fourth-order valence-electron chi connectivity index (χ4n) is 1.40. The number of hydrogen-bond acceptors (Lipinski definition) is 2. The third-order valence-electron chi connectivity index (χ3n) is 2.35. The Balaban J connectivity index is 2.85. The fourth-order valence-corrected chi connectivity index (χ4v) is 1.58. The van der Waals surface area contributed by atoms with Crippen molar-refractivity contribution in [3.8, 4) is 0 Å². The summed E-state index contributed by atoms with van der Waals surface area (Å²) < 4.78 is 0. The highest BCUT2D eigenvalue weighted by atomic mass is 79.9. The molecule has 0 aromatic heterocycles. The first-order valence-electron chi connectivity index (χ1n) is 4.97. The summed E-state index contributed by atoms with van der Waals surface area (Å²) >= 11 is 3.15. The number of ketones is 1. The molecule has 0 saturated heterocycles. The van der Waals surface area contributed by atoms with E-state index in [4.69, 9.17) is 5.11 Å². The monoisotopic (exact) mass is 284 g/mol. The van der Waals surface area contributed by atoms with E-state index in [1.165, 1.54) is 0 Å². The van der Waals surface area contributed by atoms with E-state index in [1.807, 2.05) is 6.07 Å². The van der Waals surface area contributed by atoms with Gasteiger partial charge < -0.3 is 5.11 Å². The molecule has 1 rings (SSSR count). The Hall–Kier alpha value is -1.16. The molecule has 1 N–H and O–H groups in total. The Kier molecular flexibility index (Phi) is 4.68. The second-order valence-corrected chi connectivity index (χ2v) is 4.96. The summed E-state index contributed by atoms with van der Waals surface area (Å²) in [5.74, 6) is -1.82. The van der Waals surface area contributed by atoms with Gasteiger partial charge in [-0.25, -0.2) is 0 Å². The summed E-state index contributed by atoms with van der Waals surface area (Å²) in [6, 6.07) is 8.81. The Bertz CT molecular complexity index is 373. The van der Waals surface area contributed by atoms with Crippen LogP contribution in [0.5, 0.6) is 0 Å². The highest BCUT2D eigenvalue weighted by molar-refractivity contribution is 9.10. The highest BCUT2D eigenvalue weighted by Gasteiger charge is 2.24. The second kappa shape index (κ2) is 5.80. The van der Waals surface area contributed by atoms with Gasteiger partial charge in [-0.3, -0.25) is 9.59 Å². The Morgan fingerprint density at radius 2 is 1.88 bits per heavy atom. The zero-order valence-electron chi connectivity index (χ0n) is 8.89. The van der Waals surface area contributed by atoms with Gasteiger partial charge in [-0.15, -0.1) is 0 Å². The molecule has 0 bridgehead atoms. The summed E-state index contributed by atoms with van der Waals surface area (Å²) in [7, 11) is 0. The molecule has 0 fully saturated rings. The van der Waals surface area contributed by atoms with Gasteiger partial charge in [-0.05, 0) is 12.5 Å². The molecule has 1 aromatic carbocycles. The lowest BCUT2D eigenvalue weighted by Gasteiger charge is -2.12. The van der Waals surface area contributed by atoms with E-state index in [0.29, 0.717) is 5.56 Å². The Morgan fingerprint density at radius 3 is 2.31 bits per heavy atom. The molecule has 0 spiro atoms. The molecule has 4 heteroatoms. The minimum Gasteiger partial charge on any atom is -0.481 e. The quantitative estimate of drug-likeness (QED) is 0.846. The van der Waals surface area contributed by atoms with E-state index in [-0.39, 0.29) is 17.0 Å². The van der Waals surface area contributed by atoms with Crippen molar-refractivity contribution in [2.45, 2.75) is 24.1 Å². The van der Waals surface area contributed by atoms with Crippen LogP contribution in [0.4, 0.5) is 0 Å². The van der Waals surface area contributed by atoms with Gasteiger partial charge in [-0.2, -0.15) is 0 Å². The van der Waals surface area contributed by atoms with Crippen LogP contribution in [0.15, 0.2) is 30.3 Å². The highest BCUT2D eigenvalue weighted by Crippen LogP contribution is 2.21. The lowest BCUT2D eigenvalue weighted by Crippen LogP contribution is -2.20. The molecule has 86 valence electrons. The third-order valence-corrected chi connectivity index (χ3v) is 2.86. The topological polar surface area (TPSA) is 54.4 Å². The van der Waals surface area contributed by atoms with Crippen molar-refractivity contribution in [3.63, 3.8) is 0 Å². The summed E-state index contributed by atoms with van der Waals surface area (Å²) in [5.41, 5.74) is 0.663. The van der Waals surface area contributed by atoms with Crippen molar-refractivity contribution in [3.05, 3.63) is 35.9 Å². The second-order valence-electron chi connectivity index (χ2n) is 3.59. The van der Waals surface area contributed by atoms with Crippen molar-refractivity contribution >= 4 is 27.7 Å². The van der Waals surface area contributed by atoms with Gasteiger partial charge in [0, 0.05) is 6.42 Å². The summed E-state index contributed by atoms with van der Waals surface area (Å²) in [5, 5.41) is 9.09. The molecular weight excluding hydrogens is 272 g/mol. The van der Waals surface area contributed by atoms with Crippen molar-refractivity contribution in [1.29, 1.82) is 0 Å². The van der Waals surface area contributed by atoms with Gasteiger partial charge in [0.2, 0.25) is 0 Å². The maximum atomic E-state index is 11.5. The maximum absolute atomic E-state index is 11.5. The summed E-state index contributed by atoms with van der Waals surface area (Å²) in [4.78, 5) is 22.3. The van der Waals surface area contributed by atoms with Gasteiger partial charge in [0.1, 0.15) is 5.78 Å². The largest absolute Gasteiger partial charge is 0.481 e. The van der Waals surface area contributed by atoms with Crippen LogP contribution in [-0.4, -0.2) is 21.7 Å². The third kappa shape index (κ3) is 3.45. The van der Waals surface area contributed by atoms with E-state index in [0.717, 1.165) is 0 Å². The van der Waals surface area contributed by atoms with Gasteiger partial charge in [0.15, 0.2) is 0 Å². The maximum Gasteiger partial charge on any atom is 0.311 e. The van der Waals surface area contributed by atoms with Crippen LogP contribution >= 0.6 is 15.9 Å². The molecule has 0 saturated carbocycles. The molecule has 2 atom stereocenters. The molecule has 0 amide bonds. The zero-order chi connectivity index (χ0) is 12.1. The summed E-state index contributed by atoms with van der Waals surface area (Å²) in [6.45, 7) is 1.70.